The average molecular weight is 323 g/mol. The van der Waals surface area contributed by atoms with Gasteiger partial charge >= 0.3 is 0 Å². The lowest BCUT2D eigenvalue weighted by atomic mass is 10.1. The normalized spacial score (nSPS) is 18.0. The zero-order valence-electron chi connectivity index (χ0n) is 13.6. The molecule has 1 fully saturated rings. The molecule has 1 saturated carbocycles. The Balaban J connectivity index is 1.98. The van der Waals surface area contributed by atoms with Crippen molar-refractivity contribution in [3.8, 4) is 5.75 Å². The maximum absolute atomic E-state index is 12.5. The van der Waals surface area contributed by atoms with Crippen molar-refractivity contribution in [3.05, 3.63) is 29.3 Å². The maximum atomic E-state index is 12.5. The molecule has 0 radical (unpaired) electrons. The number of hydrogen-bond acceptors (Lipinski definition) is 3. The first-order valence-corrected chi connectivity index (χ1v) is 9.20. The molecule has 122 valence electrons. The van der Waals surface area contributed by atoms with Gasteiger partial charge in [-0.1, -0.05) is 30.5 Å². The summed E-state index contributed by atoms with van der Waals surface area (Å²) in [5, 5.41) is 2.51. The number of carbonyl (C=O) groups is 1. The highest BCUT2D eigenvalue weighted by atomic mass is 32.2. The highest BCUT2D eigenvalue weighted by molar-refractivity contribution is 7.85. The number of methoxy groups -OCH3 is 1. The van der Waals surface area contributed by atoms with Gasteiger partial charge in [0.15, 0.2) is 0 Å². The second-order valence-corrected chi connectivity index (χ2v) is 7.73. The molecular weight excluding hydrogens is 298 g/mol. The van der Waals surface area contributed by atoms with Crippen LogP contribution in [0.25, 0.3) is 0 Å². The number of nitrogens with one attached hydrogen (secondary N) is 1. The Morgan fingerprint density at radius 1 is 1.41 bits per heavy atom. The SMILES string of the molecule is COc1ccc(C)cc1C[S@@](=O)[C@H](C)C(=O)NC1CCCC1. The van der Waals surface area contributed by atoms with Gasteiger partial charge in [-0.3, -0.25) is 9.00 Å². The van der Waals surface area contributed by atoms with Crippen LogP contribution < -0.4 is 10.1 Å². The van der Waals surface area contributed by atoms with Gasteiger partial charge in [0.05, 0.1) is 12.9 Å². The number of ether oxygens (including phenoxy) is 1. The minimum atomic E-state index is -1.26. The third-order valence-corrected chi connectivity index (χ3v) is 5.80. The lowest BCUT2D eigenvalue weighted by Crippen LogP contribution is -2.40. The van der Waals surface area contributed by atoms with Gasteiger partial charge in [-0.25, -0.2) is 0 Å². The molecule has 2 rings (SSSR count). The van der Waals surface area contributed by atoms with Gasteiger partial charge in [0.25, 0.3) is 0 Å². The molecule has 0 bridgehead atoms. The molecule has 1 N–H and O–H groups in total. The molecule has 1 amide bonds. The summed E-state index contributed by atoms with van der Waals surface area (Å²) in [5.74, 6) is 0.962. The van der Waals surface area contributed by atoms with E-state index in [1.54, 1.807) is 14.0 Å². The number of aryl methyl sites for hydroxylation is 1. The molecule has 0 unspecified atom stereocenters. The quantitative estimate of drug-likeness (QED) is 0.876. The molecule has 2 atom stereocenters. The van der Waals surface area contributed by atoms with Crippen molar-refractivity contribution < 1.29 is 13.7 Å². The highest BCUT2D eigenvalue weighted by Crippen LogP contribution is 2.22. The standard InChI is InChI=1S/C17H25NO3S/c1-12-8-9-16(21-3)14(10-12)11-22(20)13(2)17(19)18-15-6-4-5-7-15/h8-10,13,15H,4-7,11H2,1-3H3,(H,18,19)/t13-,22-/m1/s1. The fourth-order valence-corrected chi connectivity index (χ4v) is 3.90. The van der Waals surface area contributed by atoms with E-state index < -0.39 is 16.0 Å². The molecule has 1 aliphatic carbocycles. The predicted octanol–water partition coefficient (Wildman–Crippen LogP) is 2.70. The van der Waals surface area contributed by atoms with Gasteiger partial charge in [0.1, 0.15) is 11.0 Å². The molecular formula is C17H25NO3S. The van der Waals surface area contributed by atoms with E-state index in [1.807, 2.05) is 25.1 Å². The van der Waals surface area contributed by atoms with Crippen molar-refractivity contribution in [1.29, 1.82) is 0 Å². The van der Waals surface area contributed by atoms with E-state index in [0.717, 1.165) is 29.7 Å². The summed E-state index contributed by atoms with van der Waals surface area (Å²) in [7, 11) is 0.346. The van der Waals surface area contributed by atoms with Crippen LogP contribution in [0.4, 0.5) is 0 Å². The van der Waals surface area contributed by atoms with Gasteiger partial charge in [0.2, 0.25) is 5.91 Å². The molecule has 1 aromatic carbocycles. The number of rotatable bonds is 6. The Bertz CT molecular complexity index is 553. The van der Waals surface area contributed by atoms with Gasteiger partial charge in [-0.2, -0.15) is 0 Å². The molecule has 0 heterocycles. The van der Waals surface area contributed by atoms with Crippen LogP contribution in [0.1, 0.15) is 43.7 Å². The van der Waals surface area contributed by atoms with Crippen LogP contribution in [-0.2, 0) is 21.3 Å². The topological polar surface area (TPSA) is 55.4 Å². The van der Waals surface area contributed by atoms with Crippen LogP contribution >= 0.6 is 0 Å². The van der Waals surface area contributed by atoms with Crippen molar-refractivity contribution in [2.24, 2.45) is 0 Å². The van der Waals surface area contributed by atoms with Crippen LogP contribution in [0.2, 0.25) is 0 Å². The summed E-state index contributed by atoms with van der Waals surface area (Å²) in [6.07, 6.45) is 4.42. The van der Waals surface area contributed by atoms with Crippen molar-refractivity contribution in [2.45, 2.75) is 56.6 Å². The van der Waals surface area contributed by atoms with Gasteiger partial charge in [0, 0.05) is 22.4 Å². The Kier molecular flexibility index (Phi) is 6.00. The molecule has 1 aromatic rings. The molecule has 0 saturated heterocycles. The monoisotopic (exact) mass is 323 g/mol. The highest BCUT2D eigenvalue weighted by Gasteiger charge is 2.25. The fourth-order valence-electron chi connectivity index (χ4n) is 2.81. The molecule has 4 nitrogen and oxygen atoms in total. The third-order valence-electron chi connectivity index (χ3n) is 4.20. The summed E-state index contributed by atoms with van der Waals surface area (Å²) in [6, 6.07) is 6.07. The summed E-state index contributed by atoms with van der Waals surface area (Å²) in [6.45, 7) is 3.73. The first kappa shape index (κ1) is 17.0. The summed E-state index contributed by atoms with van der Waals surface area (Å²) >= 11 is 0. The number of carbonyl (C=O) groups excluding carboxylic acids is 1. The van der Waals surface area contributed by atoms with E-state index in [0.29, 0.717) is 5.75 Å². The third kappa shape index (κ3) is 4.32. The zero-order valence-corrected chi connectivity index (χ0v) is 14.4. The summed E-state index contributed by atoms with van der Waals surface area (Å²) < 4.78 is 17.8. The Morgan fingerprint density at radius 2 is 2.09 bits per heavy atom. The number of amides is 1. The lowest BCUT2D eigenvalue weighted by Gasteiger charge is -2.17. The zero-order chi connectivity index (χ0) is 16.1. The predicted molar refractivity (Wildman–Crippen MR) is 89.4 cm³/mol. The molecule has 1 aliphatic rings. The van der Waals surface area contributed by atoms with E-state index in [2.05, 4.69) is 5.32 Å². The average Bonchev–Trinajstić information content (AvgIpc) is 2.99. The van der Waals surface area contributed by atoms with Crippen molar-refractivity contribution in [2.75, 3.05) is 7.11 Å². The van der Waals surface area contributed by atoms with E-state index in [1.165, 1.54) is 12.8 Å². The number of hydrogen-bond donors (Lipinski definition) is 1. The molecule has 0 aliphatic heterocycles. The molecule has 0 aromatic heterocycles. The maximum Gasteiger partial charge on any atom is 0.235 e. The van der Waals surface area contributed by atoms with Crippen LogP contribution in [0, 0.1) is 6.92 Å². The minimum Gasteiger partial charge on any atom is -0.496 e. The van der Waals surface area contributed by atoms with E-state index >= 15 is 0 Å². The molecule has 0 spiro atoms. The van der Waals surface area contributed by atoms with Crippen LogP contribution in [-0.4, -0.2) is 28.5 Å². The molecule has 22 heavy (non-hydrogen) atoms. The Morgan fingerprint density at radius 3 is 2.73 bits per heavy atom. The van der Waals surface area contributed by atoms with Gasteiger partial charge < -0.3 is 10.1 Å². The van der Waals surface area contributed by atoms with Gasteiger partial charge in [-0.05, 0) is 32.8 Å². The first-order chi connectivity index (χ1) is 10.5. The van der Waals surface area contributed by atoms with Crippen molar-refractivity contribution in [1.82, 2.24) is 5.32 Å². The molecule has 5 heteroatoms. The van der Waals surface area contributed by atoms with Crippen LogP contribution in [0.15, 0.2) is 18.2 Å². The lowest BCUT2D eigenvalue weighted by molar-refractivity contribution is -0.121. The Labute approximate surface area is 135 Å². The van der Waals surface area contributed by atoms with Crippen molar-refractivity contribution in [3.63, 3.8) is 0 Å². The van der Waals surface area contributed by atoms with E-state index in [4.69, 9.17) is 4.74 Å². The first-order valence-electron chi connectivity index (χ1n) is 7.82. The second-order valence-electron chi connectivity index (χ2n) is 5.97. The second kappa shape index (κ2) is 7.77. The summed E-state index contributed by atoms with van der Waals surface area (Å²) in [5.41, 5.74) is 1.98. The van der Waals surface area contributed by atoms with Crippen LogP contribution in [0.5, 0.6) is 5.75 Å². The fraction of sp³-hybridized carbons (Fsp3) is 0.588. The number of benzene rings is 1. The summed E-state index contributed by atoms with van der Waals surface area (Å²) in [4.78, 5) is 12.2. The smallest absolute Gasteiger partial charge is 0.235 e. The minimum absolute atomic E-state index is 0.100. The van der Waals surface area contributed by atoms with E-state index in [-0.39, 0.29) is 11.9 Å². The van der Waals surface area contributed by atoms with Crippen LogP contribution in [0.3, 0.4) is 0 Å². The van der Waals surface area contributed by atoms with E-state index in [9.17, 15) is 9.00 Å². The van der Waals surface area contributed by atoms with Crippen molar-refractivity contribution >= 4 is 16.7 Å². The Hall–Kier alpha value is -1.36. The largest absolute Gasteiger partial charge is 0.496 e. The van der Waals surface area contributed by atoms with Gasteiger partial charge in [-0.15, -0.1) is 0 Å².